The van der Waals surface area contributed by atoms with Gasteiger partial charge in [0.05, 0.1) is 6.21 Å². The fourth-order valence-electron chi connectivity index (χ4n) is 2.18. The third-order valence-corrected chi connectivity index (χ3v) is 3.41. The summed E-state index contributed by atoms with van der Waals surface area (Å²) >= 11 is 0. The summed E-state index contributed by atoms with van der Waals surface area (Å²) in [6.07, 6.45) is 11.4. The first-order valence-electron chi connectivity index (χ1n) is 8.27. The van der Waals surface area contributed by atoms with Crippen LogP contribution in [0.25, 0.3) is 6.08 Å². The summed E-state index contributed by atoms with van der Waals surface area (Å²) in [5.41, 5.74) is 4.73. The fraction of sp³-hybridized carbons (Fsp3) is 0.474. The lowest BCUT2D eigenvalue weighted by Gasteiger charge is -2.01. The third kappa shape index (κ3) is 9.11. The maximum atomic E-state index is 11.6. The number of allylic oxidation sites excluding steroid dienone is 1. The van der Waals surface area contributed by atoms with E-state index in [-0.39, 0.29) is 5.91 Å². The predicted molar refractivity (Wildman–Crippen MR) is 94.7 cm³/mol. The van der Waals surface area contributed by atoms with Crippen LogP contribution in [0, 0.1) is 0 Å². The number of hydrogen-bond acceptors (Lipinski definition) is 2. The molecule has 0 saturated carbocycles. The normalized spacial score (nSPS) is 11.8. The molecule has 1 amide bonds. The van der Waals surface area contributed by atoms with E-state index < -0.39 is 0 Å². The van der Waals surface area contributed by atoms with Crippen LogP contribution < -0.4 is 5.43 Å². The van der Waals surface area contributed by atoms with Crippen molar-refractivity contribution in [3.63, 3.8) is 0 Å². The number of hydrogen-bond donors (Lipinski definition) is 1. The van der Waals surface area contributed by atoms with Crippen LogP contribution in [0.2, 0.25) is 0 Å². The molecule has 0 fully saturated rings. The van der Waals surface area contributed by atoms with Gasteiger partial charge in [-0.05, 0) is 24.5 Å². The van der Waals surface area contributed by atoms with Gasteiger partial charge in [-0.3, -0.25) is 4.79 Å². The summed E-state index contributed by atoms with van der Waals surface area (Å²) < 4.78 is 0. The number of carbonyl (C=O) groups is 1. The first-order chi connectivity index (χ1) is 10.7. The lowest BCUT2D eigenvalue weighted by atomic mass is 10.1. The number of carbonyl (C=O) groups excluding carboxylic acids is 1. The number of nitrogens with zero attached hydrogens (tertiary/aromatic N) is 1. The number of rotatable bonds is 10. The molecule has 0 bridgehead atoms. The Labute approximate surface area is 134 Å². The van der Waals surface area contributed by atoms with Gasteiger partial charge >= 0.3 is 0 Å². The quantitative estimate of drug-likeness (QED) is 0.371. The third-order valence-electron chi connectivity index (χ3n) is 3.41. The van der Waals surface area contributed by atoms with Crippen LogP contribution in [0.4, 0.5) is 0 Å². The zero-order chi connectivity index (χ0) is 16.0. The molecule has 0 aliphatic carbocycles. The second-order valence-electron chi connectivity index (χ2n) is 5.61. The van der Waals surface area contributed by atoms with Crippen LogP contribution in [0.5, 0.6) is 0 Å². The molecule has 120 valence electrons. The van der Waals surface area contributed by atoms with E-state index in [1.165, 1.54) is 25.7 Å². The van der Waals surface area contributed by atoms with Crippen molar-refractivity contribution < 1.29 is 4.79 Å². The minimum absolute atomic E-state index is 0.000692. The maximum Gasteiger partial charge on any atom is 0.240 e. The molecule has 0 heterocycles. The predicted octanol–water partition coefficient (Wildman–Crippen LogP) is 4.94. The van der Waals surface area contributed by atoms with E-state index in [1.807, 2.05) is 43.3 Å². The Balaban J connectivity index is 2.19. The van der Waals surface area contributed by atoms with E-state index in [9.17, 15) is 4.79 Å². The first-order valence-corrected chi connectivity index (χ1v) is 8.27. The zero-order valence-corrected chi connectivity index (χ0v) is 13.8. The van der Waals surface area contributed by atoms with Gasteiger partial charge in [0.2, 0.25) is 5.91 Å². The van der Waals surface area contributed by atoms with Crippen molar-refractivity contribution in [3.8, 4) is 0 Å². The Morgan fingerprint density at radius 1 is 1.09 bits per heavy atom. The highest BCUT2D eigenvalue weighted by Gasteiger charge is 1.98. The van der Waals surface area contributed by atoms with E-state index >= 15 is 0 Å². The molecular formula is C19H28N2O. The molecule has 3 nitrogen and oxygen atoms in total. The van der Waals surface area contributed by atoms with Gasteiger partial charge in [0.15, 0.2) is 0 Å². The largest absolute Gasteiger partial charge is 0.273 e. The van der Waals surface area contributed by atoms with E-state index in [2.05, 4.69) is 17.5 Å². The molecule has 1 N–H and O–H groups in total. The molecule has 0 aliphatic rings. The molecule has 1 aromatic rings. The number of benzene rings is 1. The molecule has 3 heteroatoms. The summed E-state index contributed by atoms with van der Waals surface area (Å²) in [7, 11) is 0. The Morgan fingerprint density at radius 2 is 1.77 bits per heavy atom. The van der Waals surface area contributed by atoms with Crippen molar-refractivity contribution in [1.82, 2.24) is 5.43 Å². The summed E-state index contributed by atoms with van der Waals surface area (Å²) in [6.45, 7) is 4.18. The molecule has 1 rings (SSSR count). The Bertz CT molecular complexity index is 477. The van der Waals surface area contributed by atoms with Crippen molar-refractivity contribution in [2.45, 2.75) is 58.8 Å². The smallest absolute Gasteiger partial charge is 0.240 e. The number of nitrogens with one attached hydrogen (secondary N) is 1. The van der Waals surface area contributed by atoms with Crippen LogP contribution in [0.1, 0.15) is 64.4 Å². The monoisotopic (exact) mass is 300 g/mol. The Kier molecular flexibility index (Phi) is 9.67. The molecule has 0 saturated heterocycles. The van der Waals surface area contributed by atoms with Crippen molar-refractivity contribution in [3.05, 3.63) is 41.5 Å². The molecule has 0 aliphatic heterocycles. The summed E-state index contributed by atoms with van der Waals surface area (Å²) in [5, 5.41) is 4.00. The van der Waals surface area contributed by atoms with Crippen LogP contribution in [-0.2, 0) is 4.79 Å². The van der Waals surface area contributed by atoms with Gasteiger partial charge in [0.25, 0.3) is 0 Å². The van der Waals surface area contributed by atoms with Crippen molar-refractivity contribution >= 4 is 18.2 Å². The molecular weight excluding hydrogens is 272 g/mol. The van der Waals surface area contributed by atoms with E-state index in [4.69, 9.17) is 0 Å². The van der Waals surface area contributed by atoms with Crippen LogP contribution in [0.15, 0.2) is 41.0 Å². The van der Waals surface area contributed by atoms with Crippen LogP contribution in [-0.4, -0.2) is 12.1 Å². The van der Waals surface area contributed by atoms with Gasteiger partial charge < -0.3 is 0 Å². The average Bonchev–Trinajstić information content (AvgIpc) is 2.51. The first kappa shape index (κ1) is 18.1. The van der Waals surface area contributed by atoms with E-state index in [0.717, 1.165) is 24.0 Å². The van der Waals surface area contributed by atoms with Gasteiger partial charge in [-0.25, -0.2) is 5.43 Å². The van der Waals surface area contributed by atoms with E-state index in [0.29, 0.717) is 6.42 Å². The van der Waals surface area contributed by atoms with Crippen molar-refractivity contribution in [1.29, 1.82) is 0 Å². The summed E-state index contributed by atoms with van der Waals surface area (Å²) in [6, 6.07) is 10.1. The highest BCUT2D eigenvalue weighted by atomic mass is 16.2. The second kappa shape index (κ2) is 11.7. The molecule has 0 spiro atoms. The summed E-state index contributed by atoms with van der Waals surface area (Å²) in [5.74, 6) is -0.000692. The Morgan fingerprint density at radius 3 is 2.50 bits per heavy atom. The molecule has 0 aromatic heterocycles. The lowest BCUT2D eigenvalue weighted by Crippen LogP contribution is -2.16. The highest BCUT2D eigenvalue weighted by Crippen LogP contribution is 2.07. The molecule has 0 atom stereocenters. The SMILES string of the molecule is CCCCCCCCC(=O)N/N=C/C(C)=C/c1ccccc1. The average molecular weight is 300 g/mol. The van der Waals surface area contributed by atoms with Crippen molar-refractivity contribution in [2.24, 2.45) is 5.10 Å². The number of hydrazone groups is 1. The van der Waals surface area contributed by atoms with Gasteiger partial charge in [-0.2, -0.15) is 5.10 Å². The zero-order valence-electron chi connectivity index (χ0n) is 13.8. The Hall–Kier alpha value is -1.90. The minimum atomic E-state index is -0.000692. The second-order valence-corrected chi connectivity index (χ2v) is 5.61. The van der Waals surface area contributed by atoms with Gasteiger partial charge in [-0.15, -0.1) is 0 Å². The lowest BCUT2D eigenvalue weighted by molar-refractivity contribution is -0.121. The molecule has 0 radical (unpaired) electrons. The molecule has 1 aromatic carbocycles. The molecule has 22 heavy (non-hydrogen) atoms. The maximum absolute atomic E-state index is 11.6. The number of amides is 1. The van der Waals surface area contributed by atoms with Gasteiger partial charge in [0, 0.05) is 6.42 Å². The van der Waals surface area contributed by atoms with Crippen molar-refractivity contribution in [2.75, 3.05) is 0 Å². The van der Waals surface area contributed by atoms with Gasteiger partial charge in [-0.1, -0.05) is 75.4 Å². The summed E-state index contributed by atoms with van der Waals surface area (Å²) in [4.78, 5) is 11.6. The van der Waals surface area contributed by atoms with E-state index in [1.54, 1.807) is 6.21 Å². The highest BCUT2D eigenvalue weighted by molar-refractivity contribution is 5.86. The topological polar surface area (TPSA) is 41.5 Å². The van der Waals surface area contributed by atoms with Crippen LogP contribution in [0.3, 0.4) is 0 Å². The minimum Gasteiger partial charge on any atom is -0.273 e. The standard InChI is InChI=1S/C19H28N2O/c1-3-4-5-6-7-11-14-19(22)21-20-16-17(2)15-18-12-9-8-10-13-18/h8-10,12-13,15-16H,3-7,11,14H2,1-2H3,(H,21,22)/b17-15+,20-16+. The molecule has 0 unspecified atom stereocenters. The fourth-order valence-corrected chi connectivity index (χ4v) is 2.18. The van der Waals surface area contributed by atoms with Gasteiger partial charge in [0.1, 0.15) is 0 Å². The number of unbranched alkanes of at least 4 members (excludes halogenated alkanes) is 5. The van der Waals surface area contributed by atoms with Crippen LogP contribution >= 0.6 is 0 Å².